The number of unbranched alkanes of at least 4 members (excludes halogenated alkanes) is 37. The number of hydrogen-bond donors (Lipinski definition) is 3. The van der Waals surface area contributed by atoms with Crippen LogP contribution in [-0.2, 0) is 14.3 Å². The minimum absolute atomic E-state index is 0.000935. The lowest BCUT2D eigenvalue weighted by Crippen LogP contribution is -2.45. The third-order valence-electron chi connectivity index (χ3n) is 12.9. The predicted octanol–water partition coefficient (Wildman–Crippen LogP) is 17.2. The van der Waals surface area contributed by atoms with Crippen molar-refractivity contribution >= 4 is 11.9 Å². The Bertz CT molecular complexity index is 1040. The molecule has 0 aromatic rings. The van der Waals surface area contributed by atoms with Gasteiger partial charge in [0.1, 0.15) is 0 Å². The van der Waals surface area contributed by atoms with Crippen LogP contribution < -0.4 is 5.32 Å². The summed E-state index contributed by atoms with van der Waals surface area (Å²) < 4.78 is 5.47. The van der Waals surface area contributed by atoms with Crippen molar-refractivity contribution in [3.8, 4) is 0 Å². The van der Waals surface area contributed by atoms with Crippen LogP contribution in [0.4, 0.5) is 0 Å². The Labute approximate surface area is 398 Å². The molecule has 64 heavy (non-hydrogen) atoms. The zero-order chi connectivity index (χ0) is 46.5. The van der Waals surface area contributed by atoms with Crippen molar-refractivity contribution in [2.24, 2.45) is 0 Å². The van der Waals surface area contributed by atoms with Crippen molar-refractivity contribution in [1.82, 2.24) is 5.32 Å². The first-order chi connectivity index (χ1) is 31.5. The summed E-state index contributed by atoms with van der Waals surface area (Å²) in [7, 11) is 0. The number of allylic oxidation sites excluding steroid dienone is 5. The largest absolute Gasteiger partial charge is 0.466 e. The normalized spacial score (nSPS) is 12.9. The Balaban J connectivity index is 3.42. The second-order valence-electron chi connectivity index (χ2n) is 19.3. The highest BCUT2D eigenvalue weighted by atomic mass is 16.5. The number of aliphatic hydroxyl groups is 2. The lowest BCUT2D eigenvalue weighted by Gasteiger charge is -2.20. The molecule has 2 unspecified atom stereocenters. The van der Waals surface area contributed by atoms with Gasteiger partial charge in [-0.3, -0.25) is 9.59 Å². The van der Waals surface area contributed by atoms with Gasteiger partial charge in [0, 0.05) is 12.8 Å². The predicted molar refractivity (Wildman–Crippen MR) is 278 cm³/mol. The molecule has 0 heterocycles. The fourth-order valence-electron chi connectivity index (χ4n) is 8.50. The van der Waals surface area contributed by atoms with Gasteiger partial charge in [0.2, 0.25) is 5.91 Å². The van der Waals surface area contributed by atoms with E-state index in [0.717, 1.165) is 51.4 Å². The Hall–Kier alpha value is -1.92. The van der Waals surface area contributed by atoms with Gasteiger partial charge in [0.15, 0.2) is 0 Å². The first kappa shape index (κ1) is 62.1. The molecule has 0 aliphatic rings. The van der Waals surface area contributed by atoms with E-state index in [-0.39, 0.29) is 18.5 Å². The molecule has 6 heteroatoms. The maximum atomic E-state index is 12.4. The summed E-state index contributed by atoms with van der Waals surface area (Å²) in [6.45, 7) is 4.87. The summed E-state index contributed by atoms with van der Waals surface area (Å²) in [5, 5.41) is 23.0. The maximum absolute atomic E-state index is 12.4. The molecule has 0 rings (SSSR count). The number of esters is 1. The van der Waals surface area contributed by atoms with Crippen LogP contribution in [-0.4, -0.2) is 47.4 Å². The van der Waals surface area contributed by atoms with Gasteiger partial charge in [0.25, 0.3) is 0 Å². The van der Waals surface area contributed by atoms with Crippen LogP contribution in [0.1, 0.15) is 296 Å². The van der Waals surface area contributed by atoms with Gasteiger partial charge < -0.3 is 20.3 Å². The smallest absolute Gasteiger partial charge is 0.305 e. The molecule has 3 N–H and O–H groups in total. The monoisotopic (exact) mass is 900 g/mol. The third-order valence-corrected chi connectivity index (χ3v) is 12.9. The van der Waals surface area contributed by atoms with Gasteiger partial charge in [-0.15, -0.1) is 0 Å². The maximum Gasteiger partial charge on any atom is 0.305 e. The Kier molecular flexibility index (Phi) is 52.1. The molecular weight excluding hydrogens is 791 g/mol. The molecule has 2 atom stereocenters. The first-order valence-corrected chi connectivity index (χ1v) is 28.3. The van der Waals surface area contributed by atoms with Crippen LogP contribution >= 0.6 is 0 Å². The van der Waals surface area contributed by atoms with E-state index in [1.165, 1.54) is 218 Å². The first-order valence-electron chi connectivity index (χ1n) is 28.3. The van der Waals surface area contributed by atoms with Crippen molar-refractivity contribution in [1.29, 1.82) is 0 Å². The fourth-order valence-corrected chi connectivity index (χ4v) is 8.50. The number of aliphatic hydroxyl groups excluding tert-OH is 2. The molecule has 0 bridgehead atoms. The lowest BCUT2D eigenvalue weighted by atomic mass is 10.0. The number of amides is 1. The highest BCUT2D eigenvalue weighted by Crippen LogP contribution is 2.15. The van der Waals surface area contributed by atoms with E-state index in [1.807, 2.05) is 6.08 Å². The molecule has 0 spiro atoms. The van der Waals surface area contributed by atoms with Crippen molar-refractivity contribution in [2.45, 2.75) is 309 Å². The molecular formula is C58H109NO5. The topological polar surface area (TPSA) is 95.9 Å². The SMILES string of the molecule is CCCCCCCC/C=C\CCCCCCCC(=O)OCCCCCCCCCCCCC/C=C\CCCCCCCCCC(=O)NC(CO)C(O)/C=C/CCCCCCCCCC. The number of nitrogens with one attached hydrogen (secondary N) is 1. The number of ether oxygens (including phenoxy) is 1. The summed E-state index contributed by atoms with van der Waals surface area (Å²) in [5.74, 6) is -0.0764. The fraction of sp³-hybridized carbons (Fsp3) is 0.862. The molecule has 0 aliphatic heterocycles. The molecule has 0 saturated carbocycles. The molecule has 0 aromatic heterocycles. The number of carbonyl (C=O) groups is 2. The summed E-state index contributed by atoms with van der Waals surface area (Å²) >= 11 is 0. The minimum atomic E-state index is -0.847. The molecule has 0 saturated heterocycles. The minimum Gasteiger partial charge on any atom is -0.466 e. The molecule has 6 nitrogen and oxygen atoms in total. The lowest BCUT2D eigenvalue weighted by molar-refractivity contribution is -0.143. The second-order valence-corrected chi connectivity index (χ2v) is 19.3. The molecule has 0 aromatic carbocycles. The van der Waals surface area contributed by atoms with Crippen LogP contribution in [0.3, 0.4) is 0 Å². The average molecular weight is 901 g/mol. The van der Waals surface area contributed by atoms with Gasteiger partial charge >= 0.3 is 5.97 Å². The van der Waals surface area contributed by atoms with E-state index >= 15 is 0 Å². The molecule has 0 aliphatic carbocycles. The van der Waals surface area contributed by atoms with E-state index in [1.54, 1.807) is 6.08 Å². The van der Waals surface area contributed by atoms with Gasteiger partial charge in [0.05, 0.1) is 25.4 Å². The van der Waals surface area contributed by atoms with Gasteiger partial charge in [-0.05, 0) is 83.5 Å². The van der Waals surface area contributed by atoms with Crippen molar-refractivity contribution < 1.29 is 24.5 Å². The van der Waals surface area contributed by atoms with Crippen LogP contribution in [0, 0.1) is 0 Å². The number of carbonyl (C=O) groups excluding carboxylic acids is 2. The summed E-state index contributed by atoms with van der Waals surface area (Å²) in [5.41, 5.74) is 0. The highest BCUT2D eigenvalue weighted by Gasteiger charge is 2.18. The highest BCUT2D eigenvalue weighted by molar-refractivity contribution is 5.76. The standard InChI is InChI=1S/C58H109NO5/c1-3-5-7-9-11-13-15-16-25-29-32-36-40-44-48-52-58(63)64-53-49-45-41-37-33-30-27-24-22-20-18-17-19-21-23-26-28-31-35-39-43-47-51-57(62)59-55(54-60)56(61)50-46-42-38-34-14-12-10-8-6-4-2/h16,19,21,25,46,50,55-56,60-61H,3-15,17-18,20,22-24,26-45,47-49,51-54H2,1-2H3,(H,59,62)/b21-19-,25-16-,50-46+. The summed E-state index contributed by atoms with van der Waals surface area (Å²) in [4.78, 5) is 24.4. The zero-order valence-electron chi connectivity index (χ0n) is 42.8. The molecule has 376 valence electrons. The zero-order valence-corrected chi connectivity index (χ0v) is 42.8. The summed E-state index contributed by atoms with van der Waals surface area (Å²) in [6.07, 6.45) is 66.0. The summed E-state index contributed by atoms with van der Waals surface area (Å²) in [6, 6.07) is -0.631. The van der Waals surface area contributed by atoms with Crippen LogP contribution in [0.15, 0.2) is 36.5 Å². The van der Waals surface area contributed by atoms with Gasteiger partial charge in [-0.25, -0.2) is 0 Å². The molecule has 0 fully saturated rings. The van der Waals surface area contributed by atoms with Crippen LogP contribution in [0.2, 0.25) is 0 Å². The van der Waals surface area contributed by atoms with E-state index in [2.05, 4.69) is 43.5 Å². The van der Waals surface area contributed by atoms with E-state index in [4.69, 9.17) is 4.74 Å². The van der Waals surface area contributed by atoms with Crippen molar-refractivity contribution in [3.05, 3.63) is 36.5 Å². The number of hydrogen-bond acceptors (Lipinski definition) is 5. The van der Waals surface area contributed by atoms with E-state index in [9.17, 15) is 19.8 Å². The van der Waals surface area contributed by atoms with Crippen LogP contribution in [0.25, 0.3) is 0 Å². The van der Waals surface area contributed by atoms with E-state index in [0.29, 0.717) is 19.4 Å². The Morgan fingerprint density at radius 2 is 0.734 bits per heavy atom. The van der Waals surface area contributed by atoms with Gasteiger partial charge in [-0.2, -0.15) is 0 Å². The molecule has 0 radical (unpaired) electrons. The quantitative estimate of drug-likeness (QED) is 0.0321. The van der Waals surface area contributed by atoms with Gasteiger partial charge in [-0.1, -0.05) is 237 Å². The Morgan fingerprint density at radius 1 is 0.422 bits per heavy atom. The van der Waals surface area contributed by atoms with Crippen molar-refractivity contribution in [3.63, 3.8) is 0 Å². The Morgan fingerprint density at radius 3 is 1.11 bits per heavy atom. The molecule has 1 amide bonds. The van der Waals surface area contributed by atoms with E-state index < -0.39 is 12.1 Å². The third kappa shape index (κ3) is 49.5. The number of rotatable bonds is 52. The van der Waals surface area contributed by atoms with Crippen molar-refractivity contribution in [2.75, 3.05) is 13.2 Å². The van der Waals surface area contributed by atoms with Crippen LogP contribution in [0.5, 0.6) is 0 Å². The average Bonchev–Trinajstić information content (AvgIpc) is 3.29. The second kappa shape index (κ2) is 53.7.